The highest BCUT2D eigenvalue weighted by Crippen LogP contribution is 2.09. The quantitative estimate of drug-likeness (QED) is 0.175. The highest BCUT2D eigenvalue weighted by atomic mass is 16.6. The average molecular weight is 349 g/mol. The van der Waals surface area contributed by atoms with Gasteiger partial charge in [-0.2, -0.15) is 0 Å². The normalized spacial score (nSPS) is 12.6. The minimum absolute atomic E-state index is 0.0428. The number of nitro groups is 1. The Bertz CT molecular complexity index is 490. The van der Waals surface area contributed by atoms with Crippen molar-refractivity contribution < 1.29 is 14.8 Å². The van der Waals surface area contributed by atoms with Gasteiger partial charge in [-0.3, -0.25) is 14.9 Å². The van der Waals surface area contributed by atoms with Gasteiger partial charge in [-0.05, 0) is 44.6 Å². The molecule has 0 bridgehead atoms. The standard InChI is InChI=1S/C20H31NO4/c1-2-3-4-5-6-7-8-9-10-11-12-13-14-16-19(21(24)25)17-15-18-20(22)23/h6-7,9-10,12-13,16H,2-5,8,11,14-15,17-18H2,1H3,(H,22,23)/b7-6-,10-9-,13-12-,19-16+. The molecule has 0 aliphatic rings. The summed E-state index contributed by atoms with van der Waals surface area (Å²) in [6.45, 7) is 2.20. The number of rotatable bonds is 15. The van der Waals surface area contributed by atoms with Crippen LogP contribution in [0, 0.1) is 10.1 Å². The summed E-state index contributed by atoms with van der Waals surface area (Å²) < 4.78 is 0. The summed E-state index contributed by atoms with van der Waals surface area (Å²) in [4.78, 5) is 20.9. The van der Waals surface area contributed by atoms with Gasteiger partial charge in [0.1, 0.15) is 0 Å². The molecule has 0 heterocycles. The molecule has 0 aliphatic carbocycles. The van der Waals surface area contributed by atoms with Gasteiger partial charge in [-0.25, -0.2) is 0 Å². The first kappa shape index (κ1) is 22.8. The molecule has 0 saturated heterocycles. The number of carboxylic acid groups (broad SMARTS) is 1. The van der Waals surface area contributed by atoms with E-state index in [1.165, 1.54) is 19.3 Å². The molecule has 5 nitrogen and oxygen atoms in total. The number of carboxylic acids is 1. The fourth-order valence-electron chi connectivity index (χ4n) is 2.16. The van der Waals surface area contributed by atoms with Crippen LogP contribution in [-0.2, 0) is 4.79 Å². The molecular formula is C20H31NO4. The van der Waals surface area contributed by atoms with Gasteiger partial charge >= 0.3 is 5.97 Å². The van der Waals surface area contributed by atoms with Crippen molar-refractivity contribution in [3.8, 4) is 0 Å². The summed E-state index contributed by atoms with van der Waals surface area (Å²) in [5.41, 5.74) is 0.0923. The molecule has 0 radical (unpaired) electrons. The number of hydrogen-bond acceptors (Lipinski definition) is 3. The van der Waals surface area contributed by atoms with Gasteiger partial charge in [0, 0.05) is 12.8 Å². The SMILES string of the molecule is CCCCC/C=C\C/C=C\C/C=C\C/C=C(\CCCC(=O)O)[N+](=O)[O-]. The van der Waals surface area contributed by atoms with Crippen molar-refractivity contribution in [3.05, 3.63) is 58.3 Å². The van der Waals surface area contributed by atoms with Gasteiger partial charge in [-0.15, -0.1) is 0 Å². The second-order valence-corrected chi connectivity index (χ2v) is 5.82. The molecule has 0 fully saturated rings. The molecule has 0 unspecified atom stereocenters. The van der Waals surface area contributed by atoms with E-state index < -0.39 is 10.9 Å². The van der Waals surface area contributed by atoms with Crippen molar-refractivity contribution in [2.75, 3.05) is 0 Å². The summed E-state index contributed by atoms with van der Waals surface area (Å²) in [5, 5.41) is 19.4. The third-order valence-corrected chi connectivity index (χ3v) is 3.57. The highest BCUT2D eigenvalue weighted by molar-refractivity contribution is 5.66. The van der Waals surface area contributed by atoms with Crippen LogP contribution in [0.4, 0.5) is 0 Å². The Labute approximate surface area is 151 Å². The van der Waals surface area contributed by atoms with E-state index in [4.69, 9.17) is 5.11 Å². The number of aliphatic carboxylic acids is 1. The maximum absolute atomic E-state index is 10.9. The van der Waals surface area contributed by atoms with Crippen LogP contribution < -0.4 is 0 Å². The Morgan fingerprint density at radius 3 is 2.08 bits per heavy atom. The predicted molar refractivity (Wildman–Crippen MR) is 102 cm³/mol. The monoisotopic (exact) mass is 349 g/mol. The summed E-state index contributed by atoms with van der Waals surface area (Å²) in [7, 11) is 0. The molecule has 1 N–H and O–H groups in total. The van der Waals surface area contributed by atoms with Crippen LogP contribution in [0.15, 0.2) is 48.2 Å². The van der Waals surface area contributed by atoms with E-state index in [1.54, 1.807) is 6.08 Å². The Kier molecular flexibility index (Phi) is 15.2. The van der Waals surface area contributed by atoms with E-state index in [-0.39, 0.29) is 18.5 Å². The van der Waals surface area contributed by atoms with Gasteiger partial charge in [0.15, 0.2) is 0 Å². The zero-order valence-corrected chi connectivity index (χ0v) is 15.2. The molecule has 0 aromatic rings. The maximum atomic E-state index is 10.9. The molecule has 0 rings (SSSR count). The van der Waals surface area contributed by atoms with E-state index in [2.05, 4.69) is 31.2 Å². The van der Waals surface area contributed by atoms with Crippen molar-refractivity contribution in [3.63, 3.8) is 0 Å². The third kappa shape index (κ3) is 16.5. The lowest BCUT2D eigenvalue weighted by Gasteiger charge is -1.96. The molecule has 0 spiro atoms. The third-order valence-electron chi connectivity index (χ3n) is 3.57. The molecule has 25 heavy (non-hydrogen) atoms. The van der Waals surface area contributed by atoms with Gasteiger partial charge in [-0.1, -0.05) is 56.2 Å². The van der Waals surface area contributed by atoms with E-state index in [0.717, 1.165) is 19.3 Å². The van der Waals surface area contributed by atoms with Gasteiger partial charge < -0.3 is 5.11 Å². The van der Waals surface area contributed by atoms with Crippen LogP contribution >= 0.6 is 0 Å². The lowest BCUT2D eigenvalue weighted by molar-refractivity contribution is -0.428. The second-order valence-electron chi connectivity index (χ2n) is 5.82. The summed E-state index contributed by atoms with van der Waals surface area (Å²) >= 11 is 0. The molecule has 0 aromatic heterocycles. The van der Waals surface area contributed by atoms with Gasteiger partial charge in [0.25, 0.3) is 0 Å². The number of allylic oxidation sites excluding steroid dienone is 8. The molecular weight excluding hydrogens is 318 g/mol. The molecule has 5 heteroatoms. The molecule has 0 atom stereocenters. The van der Waals surface area contributed by atoms with E-state index in [0.29, 0.717) is 12.8 Å². The van der Waals surface area contributed by atoms with Crippen LogP contribution in [0.5, 0.6) is 0 Å². The largest absolute Gasteiger partial charge is 0.481 e. The number of nitrogens with zero attached hydrogens (tertiary/aromatic N) is 1. The highest BCUT2D eigenvalue weighted by Gasteiger charge is 2.10. The molecule has 0 aliphatic heterocycles. The number of hydrogen-bond donors (Lipinski definition) is 1. The first-order chi connectivity index (χ1) is 12.1. The summed E-state index contributed by atoms with van der Waals surface area (Å²) in [6, 6.07) is 0. The van der Waals surface area contributed by atoms with Crippen LogP contribution in [0.3, 0.4) is 0 Å². The fourth-order valence-corrected chi connectivity index (χ4v) is 2.16. The van der Waals surface area contributed by atoms with Crippen LogP contribution in [0.2, 0.25) is 0 Å². The Morgan fingerprint density at radius 2 is 1.52 bits per heavy atom. The zero-order valence-electron chi connectivity index (χ0n) is 15.2. The molecule has 140 valence electrons. The average Bonchev–Trinajstić information content (AvgIpc) is 2.56. The minimum atomic E-state index is -0.926. The Balaban J connectivity index is 3.91. The summed E-state index contributed by atoms with van der Waals surface area (Å²) in [6.07, 6.45) is 21.7. The van der Waals surface area contributed by atoms with E-state index >= 15 is 0 Å². The van der Waals surface area contributed by atoms with Crippen LogP contribution in [-0.4, -0.2) is 16.0 Å². The van der Waals surface area contributed by atoms with E-state index in [1.807, 2.05) is 12.2 Å². The topological polar surface area (TPSA) is 80.4 Å². The maximum Gasteiger partial charge on any atom is 0.303 e. The van der Waals surface area contributed by atoms with Crippen LogP contribution in [0.1, 0.15) is 71.1 Å². The molecule has 0 saturated carbocycles. The summed E-state index contributed by atoms with van der Waals surface area (Å²) in [5.74, 6) is -0.926. The zero-order chi connectivity index (χ0) is 18.8. The van der Waals surface area contributed by atoms with Crippen molar-refractivity contribution in [1.29, 1.82) is 0 Å². The molecule has 0 amide bonds. The van der Waals surface area contributed by atoms with E-state index in [9.17, 15) is 14.9 Å². The van der Waals surface area contributed by atoms with Crippen molar-refractivity contribution in [2.24, 2.45) is 0 Å². The first-order valence-corrected chi connectivity index (χ1v) is 9.08. The Hall–Kier alpha value is -2.17. The smallest absolute Gasteiger partial charge is 0.303 e. The lowest BCUT2D eigenvalue weighted by atomic mass is 10.1. The van der Waals surface area contributed by atoms with Crippen molar-refractivity contribution in [1.82, 2.24) is 0 Å². The first-order valence-electron chi connectivity index (χ1n) is 9.08. The number of carbonyl (C=O) groups is 1. The Morgan fingerprint density at radius 1 is 0.920 bits per heavy atom. The lowest BCUT2D eigenvalue weighted by Crippen LogP contribution is -2.01. The minimum Gasteiger partial charge on any atom is -0.481 e. The number of unbranched alkanes of at least 4 members (excludes halogenated alkanes) is 3. The van der Waals surface area contributed by atoms with Gasteiger partial charge in [0.05, 0.1) is 4.92 Å². The fraction of sp³-hybridized carbons (Fsp3) is 0.550. The van der Waals surface area contributed by atoms with Crippen molar-refractivity contribution >= 4 is 5.97 Å². The van der Waals surface area contributed by atoms with Crippen LogP contribution in [0.25, 0.3) is 0 Å². The second kappa shape index (κ2) is 16.7. The molecule has 0 aromatic carbocycles. The predicted octanol–water partition coefficient (Wildman–Crippen LogP) is 5.82. The van der Waals surface area contributed by atoms with Crippen molar-refractivity contribution in [2.45, 2.75) is 71.1 Å². The van der Waals surface area contributed by atoms with Gasteiger partial charge in [0.2, 0.25) is 5.70 Å².